The highest BCUT2D eigenvalue weighted by Gasteiger charge is 2.12. The monoisotopic (exact) mass is 226 g/mol. The minimum Gasteiger partial charge on any atom is -0.493 e. The molecule has 0 amide bonds. The lowest BCUT2D eigenvalue weighted by atomic mass is 10.2. The molecular weight excluding hydrogens is 208 g/mol. The van der Waals surface area contributed by atoms with Gasteiger partial charge in [0.15, 0.2) is 17.8 Å². The van der Waals surface area contributed by atoms with Gasteiger partial charge in [-0.25, -0.2) is 0 Å². The fourth-order valence-electron chi connectivity index (χ4n) is 1.47. The van der Waals surface area contributed by atoms with Crippen LogP contribution in [0.3, 0.4) is 0 Å². The van der Waals surface area contributed by atoms with Gasteiger partial charge < -0.3 is 18.9 Å². The van der Waals surface area contributed by atoms with Gasteiger partial charge in [-0.15, -0.1) is 0 Å². The minimum atomic E-state index is -0.385. The molecule has 0 aromatic heterocycles. The third-order valence-corrected chi connectivity index (χ3v) is 2.19. The second-order valence-corrected chi connectivity index (χ2v) is 3.15. The van der Waals surface area contributed by atoms with E-state index in [1.165, 1.54) is 0 Å². The molecule has 1 aromatic carbocycles. The number of hydrogen-bond donors (Lipinski definition) is 0. The van der Waals surface area contributed by atoms with Crippen LogP contribution >= 0.6 is 0 Å². The van der Waals surface area contributed by atoms with E-state index in [-0.39, 0.29) is 6.29 Å². The summed E-state index contributed by atoms with van der Waals surface area (Å²) in [5.74, 6) is 1.40. The Morgan fingerprint density at radius 3 is 2.25 bits per heavy atom. The summed E-state index contributed by atoms with van der Waals surface area (Å²) in [5, 5.41) is 0. The molecule has 0 aliphatic rings. The molecule has 0 heterocycles. The van der Waals surface area contributed by atoms with Crippen LogP contribution in [-0.2, 0) is 9.47 Å². The van der Waals surface area contributed by atoms with Gasteiger partial charge in [-0.1, -0.05) is 6.07 Å². The second-order valence-electron chi connectivity index (χ2n) is 3.15. The average molecular weight is 226 g/mol. The maximum atomic E-state index is 5.42. The highest BCUT2D eigenvalue weighted by Crippen LogP contribution is 2.31. The lowest BCUT2D eigenvalue weighted by Gasteiger charge is -2.16. The average Bonchev–Trinajstić information content (AvgIpc) is 2.32. The molecule has 0 aliphatic carbocycles. The first kappa shape index (κ1) is 12.8. The second kappa shape index (κ2) is 6.35. The Kier molecular flexibility index (Phi) is 5.08. The van der Waals surface area contributed by atoms with E-state index in [1.54, 1.807) is 21.3 Å². The van der Waals surface area contributed by atoms with Crippen molar-refractivity contribution in [3.63, 3.8) is 0 Å². The first-order chi connectivity index (χ1) is 7.76. The molecule has 0 bridgehead atoms. The van der Waals surface area contributed by atoms with E-state index in [4.69, 9.17) is 18.9 Å². The zero-order chi connectivity index (χ0) is 12.0. The van der Waals surface area contributed by atoms with Crippen molar-refractivity contribution in [1.29, 1.82) is 0 Å². The van der Waals surface area contributed by atoms with Gasteiger partial charge in [-0.3, -0.25) is 0 Å². The maximum Gasteiger partial charge on any atom is 0.183 e. The molecule has 1 aromatic rings. The zero-order valence-corrected chi connectivity index (χ0v) is 10.1. The smallest absolute Gasteiger partial charge is 0.183 e. The molecule has 0 aliphatic heterocycles. The Morgan fingerprint density at radius 1 is 1.06 bits per heavy atom. The molecule has 0 spiro atoms. The van der Waals surface area contributed by atoms with Gasteiger partial charge in [-0.05, 0) is 19.1 Å². The lowest BCUT2D eigenvalue weighted by molar-refractivity contribution is -0.106. The summed E-state index contributed by atoms with van der Waals surface area (Å²) in [6, 6.07) is 5.59. The van der Waals surface area contributed by atoms with Gasteiger partial charge in [0.25, 0.3) is 0 Å². The van der Waals surface area contributed by atoms with Gasteiger partial charge in [0, 0.05) is 19.8 Å². The van der Waals surface area contributed by atoms with Crippen molar-refractivity contribution in [2.24, 2.45) is 0 Å². The molecule has 4 heteroatoms. The number of hydrogen-bond acceptors (Lipinski definition) is 4. The highest BCUT2D eigenvalue weighted by atomic mass is 16.7. The predicted octanol–water partition coefficient (Wildman–Crippen LogP) is 2.39. The first-order valence-corrected chi connectivity index (χ1v) is 5.13. The van der Waals surface area contributed by atoms with Crippen molar-refractivity contribution < 1.29 is 18.9 Å². The van der Waals surface area contributed by atoms with Crippen LogP contribution in [0, 0.1) is 0 Å². The molecule has 4 nitrogen and oxygen atoms in total. The zero-order valence-electron chi connectivity index (χ0n) is 10.1. The van der Waals surface area contributed by atoms with Gasteiger partial charge >= 0.3 is 0 Å². The van der Waals surface area contributed by atoms with Crippen LogP contribution in [0.2, 0.25) is 0 Å². The Morgan fingerprint density at radius 2 is 1.75 bits per heavy atom. The van der Waals surface area contributed by atoms with Crippen molar-refractivity contribution in [1.82, 2.24) is 0 Å². The largest absolute Gasteiger partial charge is 0.493 e. The topological polar surface area (TPSA) is 36.9 Å². The molecule has 1 rings (SSSR count). The normalized spacial score (nSPS) is 10.6. The number of ether oxygens (including phenoxy) is 4. The number of benzene rings is 1. The summed E-state index contributed by atoms with van der Waals surface area (Å²) in [4.78, 5) is 0. The third-order valence-electron chi connectivity index (χ3n) is 2.19. The van der Waals surface area contributed by atoms with E-state index < -0.39 is 0 Å². The lowest BCUT2D eigenvalue weighted by Crippen LogP contribution is -2.04. The fourth-order valence-corrected chi connectivity index (χ4v) is 1.47. The molecule has 0 unspecified atom stereocenters. The van der Waals surface area contributed by atoms with Crippen molar-refractivity contribution >= 4 is 0 Å². The van der Waals surface area contributed by atoms with E-state index in [2.05, 4.69) is 0 Å². The molecular formula is C12H18O4. The van der Waals surface area contributed by atoms with Crippen molar-refractivity contribution in [3.05, 3.63) is 23.8 Å². The van der Waals surface area contributed by atoms with Gasteiger partial charge in [0.05, 0.1) is 13.7 Å². The van der Waals surface area contributed by atoms with Gasteiger partial charge in [0.2, 0.25) is 0 Å². The standard InChI is InChI=1S/C12H18O4/c1-5-16-10-7-6-9(8-11(10)13-2)12(14-3)15-4/h6-8,12H,5H2,1-4H3. The molecule has 0 atom stereocenters. The summed E-state index contributed by atoms with van der Waals surface area (Å²) in [5.41, 5.74) is 0.894. The van der Waals surface area contributed by atoms with Crippen molar-refractivity contribution in [2.45, 2.75) is 13.2 Å². The van der Waals surface area contributed by atoms with E-state index in [9.17, 15) is 0 Å². The molecule has 0 N–H and O–H groups in total. The molecule has 90 valence electrons. The molecule has 0 saturated heterocycles. The van der Waals surface area contributed by atoms with E-state index >= 15 is 0 Å². The van der Waals surface area contributed by atoms with E-state index in [0.717, 1.165) is 11.3 Å². The Balaban J connectivity index is 2.98. The first-order valence-electron chi connectivity index (χ1n) is 5.13. The molecule has 16 heavy (non-hydrogen) atoms. The van der Waals surface area contributed by atoms with Crippen LogP contribution in [0.1, 0.15) is 18.8 Å². The van der Waals surface area contributed by atoms with E-state index in [0.29, 0.717) is 12.4 Å². The summed E-state index contributed by atoms with van der Waals surface area (Å²) in [7, 11) is 4.80. The Hall–Kier alpha value is -1.26. The van der Waals surface area contributed by atoms with Crippen LogP contribution in [-0.4, -0.2) is 27.9 Å². The quantitative estimate of drug-likeness (QED) is 0.698. The summed E-state index contributed by atoms with van der Waals surface area (Å²) < 4.78 is 21.0. The highest BCUT2D eigenvalue weighted by molar-refractivity contribution is 5.43. The van der Waals surface area contributed by atoms with Gasteiger partial charge in [-0.2, -0.15) is 0 Å². The van der Waals surface area contributed by atoms with Crippen LogP contribution < -0.4 is 9.47 Å². The molecule has 0 fully saturated rings. The van der Waals surface area contributed by atoms with Crippen LogP contribution in [0.15, 0.2) is 18.2 Å². The number of rotatable bonds is 6. The van der Waals surface area contributed by atoms with Crippen molar-refractivity contribution in [2.75, 3.05) is 27.9 Å². The SMILES string of the molecule is CCOc1ccc(C(OC)OC)cc1OC. The van der Waals surface area contributed by atoms with E-state index in [1.807, 2.05) is 25.1 Å². The molecule has 0 saturated carbocycles. The summed E-state index contributed by atoms with van der Waals surface area (Å²) in [6.07, 6.45) is -0.385. The third kappa shape index (κ3) is 2.87. The summed E-state index contributed by atoms with van der Waals surface area (Å²) in [6.45, 7) is 2.54. The predicted molar refractivity (Wildman–Crippen MR) is 60.9 cm³/mol. The van der Waals surface area contributed by atoms with Crippen molar-refractivity contribution in [3.8, 4) is 11.5 Å². The van der Waals surface area contributed by atoms with Crippen LogP contribution in [0.25, 0.3) is 0 Å². The van der Waals surface area contributed by atoms with Crippen LogP contribution in [0.4, 0.5) is 0 Å². The maximum absolute atomic E-state index is 5.42. The Bertz CT molecular complexity index is 321. The summed E-state index contributed by atoms with van der Waals surface area (Å²) >= 11 is 0. The minimum absolute atomic E-state index is 0.385. The van der Waals surface area contributed by atoms with Crippen LogP contribution in [0.5, 0.6) is 11.5 Å². The fraction of sp³-hybridized carbons (Fsp3) is 0.500. The Labute approximate surface area is 96.1 Å². The number of methoxy groups -OCH3 is 3. The molecule has 0 radical (unpaired) electrons. The van der Waals surface area contributed by atoms with Gasteiger partial charge in [0.1, 0.15) is 0 Å².